The smallest absolute Gasteiger partial charge is 0.406 e. The number of nitrogens with one attached hydrogen (secondary N) is 1. The molecule has 9 heteroatoms. The van der Waals surface area contributed by atoms with E-state index in [4.69, 9.17) is 4.52 Å². The van der Waals surface area contributed by atoms with E-state index in [0.717, 1.165) is 22.8 Å². The van der Waals surface area contributed by atoms with Gasteiger partial charge in [0.25, 0.3) is 0 Å². The summed E-state index contributed by atoms with van der Waals surface area (Å²) in [5.74, 6) is 1.59. The molecule has 1 amide bonds. The molecule has 0 aliphatic heterocycles. The monoisotopic (exact) mass is 342 g/mol. The molecule has 3 aromatic rings. The van der Waals surface area contributed by atoms with Crippen LogP contribution < -0.4 is 5.32 Å². The number of hydrogen-bond donors (Lipinski definition) is 1. The lowest BCUT2D eigenvalue weighted by molar-refractivity contribution is 0.171. The van der Waals surface area contributed by atoms with Gasteiger partial charge in [0.15, 0.2) is 5.82 Å². The molecule has 3 heterocycles. The normalized spacial score (nSPS) is 10.7. The van der Waals surface area contributed by atoms with Crippen molar-refractivity contribution in [2.75, 3.05) is 13.7 Å². The number of carbonyl (C=O) groups is 1. The topological polar surface area (TPSA) is 108 Å². The molecule has 9 nitrogen and oxygen atoms in total. The highest BCUT2D eigenvalue weighted by atomic mass is 16.5. The zero-order valence-corrected chi connectivity index (χ0v) is 14.2. The third-order valence-electron chi connectivity index (χ3n) is 3.49. The summed E-state index contributed by atoms with van der Waals surface area (Å²) in [6, 6.07) is 5.70. The highest BCUT2D eigenvalue weighted by Gasteiger charge is 2.11. The standard InChI is InChI=1S/C16H18N6O3/c1-10-8-11(2)22(20-10)13-5-4-12(9-18-13)15-19-14(25-21-15)6-7-17-16(23)24-3/h4-5,8-9H,6-7H2,1-3H3,(H,17,23). The van der Waals surface area contributed by atoms with Crippen molar-refractivity contribution in [3.8, 4) is 17.2 Å². The summed E-state index contributed by atoms with van der Waals surface area (Å²) in [5.41, 5.74) is 2.69. The van der Waals surface area contributed by atoms with Crippen molar-refractivity contribution in [3.05, 3.63) is 41.7 Å². The summed E-state index contributed by atoms with van der Waals surface area (Å²) in [6.45, 7) is 4.26. The van der Waals surface area contributed by atoms with Crippen LogP contribution in [0.15, 0.2) is 28.9 Å². The van der Waals surface area contributed by atoms with Gasteiger partial charge in [-0.25, -0.2) is 14.5 Å². The average Bonchev–Trinajstić information content (AvgIpc) is 3.21. The maximum Gasteiger partial charge on any atom is 0.406 e. The van der Waals surface area contributed by atoms with Crippen LogP contribution >= 0.6 is 0 Å². The highest BCUT2D eigenvalue weighted by Crippen LogP contribution is 2.17. The molecule has 0 aromatic carbocycles. The second-order valence-electron chi connectivity index (χ2n) is 5.42. The molecule has 1 N–H and O–H groups in total. The fourth-order valence-electron chi connectivity index (χ4n) is 2.32. The first-order chi connectivity index (χ1) is 12.1. The summed E-state index contributed by atoms with van der Waals surface area (Å²) in [4.78, 5) is 19.7. The predicted molar refractivity (Wildman–Crippen MR) is 88.2 cm³/mol. The van der Waals surface area contributed by atoms with Gasteiger partial charge in [-0.05, 0) is 32.0 Å². The Labute approximate surface area is 144 Å². The van der Waals surface area contributed by atoms with E-state index in [1.165, 1.54) is 7.11 Å². The van der Waals surface area contributed by atoms with Gasteiger partial charge in [-0.1, -0.05) is 5.16 Å². The number of aryl methyl sites for hydroxylation is 2. The molecule has 0 saturated carbocycles. The fraction of sp³-hybridized carbons (Fsp3) is 0.312. The third-order valence-corrected chi connectivity index (χ3v) is 3.49. The molecule has 0 saturated heterocycles. The molecule has 25 heavy (non-hydrogen) atoms. The van der Waals surface area contributed by atoms with E-state index < -0.39 is 6.09 Å². The summed E-state index contributed by atoms with van der Waals surface area (Å²) < 4.78 is 11.4. The SMILES string of the molecule is COC(=O)NCCc1nc(-c2ccc(-n3nc(C)cc3C)nc2)no1. The quantitative estimate of drug-likeness (QED) is 0.753. The van der Waals surface area contributed by atoms with Crippen molar-refractivity contribution in [2.24, 2.45) is 0 Å². The molecule has 3 aromatic heterocycles. The van der Waals surface area contributed by atoms with Gasteiger partial charge in [0.05, 0.1) is 12.8 Å². The van der Waals surface area contributed by atoms with Gasteiger partial charge in [-0.3, -0.25) is 0 Å². The number of ether oxygens (including phenoxy) is 1. The molecule has 130 valence electrons. The average molecular weight is 342 g/mol. The Morgan fingerprint density at radius 3 is 2.84 bits per heavy atom. The van der Waals surface area contributed by atoms with Crippen LogP contribution in [0.3, 0.4) is 0 Å². The third kappa shape index (κ3) is 3.82. The summed E-state index contributed by atoms with van der Waals surface area (Å²) >= 11 is 0. The fourth-order valence-corrected chi connectivity index (χ4v) is 2.32. The van der Waals surface area contributed by atoms with Crippen molar-refractivity contribution in [1.82, 2.24) is 30.2 Å². The second kappa shape index (κ2) is 7.12. The van der Waals surface area contributed by atoms with Crippen LogP contribution in [0, 0.1) is 13.8 Å². The lowest BCUT2D eigenvalue weighted by atomic mass is 10.2. The molecule has 0 aliphatic rings. The first-order valence-electron chi connectivity index (χ1n) is 7.71. The van der Waals surface area contributed by atoms with Gasteiger partial charge in [-0.15, -0.1) is 0 Å². The maximum atomic E-state index is 11.0. The molecule has 3 rings (SSSR count). The molecule has 0 atom stereocenters. The van der Waals surface area contributed by atoms with Crippen LogP contribution in [-0.2, 0) is 11.2 Å². The van der Waals surface area contributed by atoms with Crippen LogP contribution in [-0.4, -0.2) is 44.7 Å². The Hall–Kier alpha value is -3.23. The van der Waals surface area contributed by atoms with Gasteiger partial charge < -0.3 is 14.6 Å². The van der Waals surface area contributed by atoms with Crippen LogP contribution in [0.2, 0.25) is 0 Å². The van der Waals surface area contributed by atoms with Gasteiger partial charge in [0, 0.05) is 30.4 Å². The first-order valence-corrected chi connectivity index (χ1v) is 7.71. The zero-order valence-electron chi connectivity index (χ0n) is 14.2. The number of nitrogens with zero attached hydrogens (tertiary/aromatic N) is 5. The van der Waals surface area contributed by atoms with E-state index in [-0.39, 0.29) is 0 Å². The van der Waals surface area contributed by atoms with Crippen molar-refractivity contribution in [3.63, 3.8) is 0 Å². The molecule has 0 aliphatic carbocycles. The molecule has 0 unspecified atom stereocenters. The largest absolute Gasteiger partial charge is 0.453 e. The lowest BCUT2D eigenvalue weighted by Gasteiger charge is -2.03. The Bertz CT molecular complexity index is 868. The number of aromatic nitrogens is 5. The molecular weight excluding hydrogens is 324 g/mol. The van der Waals surface area contributed by atoms with Gasteiger partial charge in [-0.2, -0.15) is 10.1 Å². The minimum Gasteiger partial charge on any atom is -0.453 e. The Balaban J connectivity index is 1.68. The van der Waals surface area contributed by atoms with E-state index in [0.29, 0.717) is 24.7 Å². The number of hydrogen-bond acceptors (Lipinski definition) is 7. The summed E-state index contributed by atoms with van der Waals surface area (Å²) in [6.07, 6.45) is 1.59. The Morgan fingerprint density at radius 1 is 1.36 bits per heavy atom. The van der Waals surface area contributed by atoms with Crippen LogP contribution in [0.4, 0.5) is 4.79 Å². The van der Waals surface area contributed by atoms with Crippen molar-refractivity contribution >= 4 is 6.09 Å². The zero-order chi connectivity index (χ0) is 17.8. The summed E-state index contributed by atoms with van der Waals surface area (Å²) in [5, 5.41) is 10.9. The minimum atomic E-state index is -0.497. The molecule has 0 fully saturated rings. The van der Waals surface area contributed by atoms with Crippen molar-refractivity contribution < 1.29 is 14.1 Å². The Kier molecular flexibility index (Phi) is 4.73. The number of methoxy groups -OCH3 is 1. The van der Waals surface area contributed by atoms with Gasteiger partial charge in [0.2, 0.25) is 11.7 Å². The van der Waals surface area contributed by atoms with Crippen molar-refractivity contribution in [1.29, 1.82) is 0 Å². The highest BCUT2D eigenvalue weighted by molar-refractivity contribution is 5.66. The van der Waals surface area contributed by atoms with Crippen molar-refractivity contribution in [2.45, 2.75) is 20.3 Å². The number of amides is 1. The maximum absolute atomic E-state index is 11.0. The van der Waals surface area contributed by atoms with Crippen LogP contribution in [0.5, 0.6) is 0 Å². The lowest BCUT2D eigenvalue weighted by Crippen LogP contribution is -2.25. The van der Waals surface area contributed by atoms with Crippen LogP contribution in [0.1, 0.15) is 17.3 Å². The Morgan fingerprint density at radius 2 is 2.20 bits per heavy atom. The van der Waals surface area contributed by atoms with E-state index >= 15 is 0 Å². The van der Waals surface area contributed by atoms with Crippen LogP contribution in [0.25, 0.3) is 17.2 Å². The predicted octanol–water partition coefficient (Wildman–Crippen LogP) is 1.83. The second-order valence-corrected chi connectivity index (χ2v) is 5.42. The number of carbonyl (C=O) groups excluding carboxylic acids is 1. The van der Waals surface area contributed by atoms with Gasteiger partial charge in [0.1, 0.15) is 0 Å². The molecular formula is C16H18N6O3. The number of alkyl carbamates (subject to hydrolysis) is 1. The molecule has 0 bridgehead atoms. The first kappa shape index (κ1) is 16.6. The van der Waals surface area contributed by atoms with E-state index in [1.807, 2.05) is 32.0 Å². The van der Waals surface area contributed by atoms with Gasteiger partial charge >= 0.3 is 6.09 Å². The van der Waals surface area contributed by atoms with E-state index in [1.54, 1.807) is 10.9 Å². The number of rotatable bonds is 5. The molecule has 0 spiro atoms. The number of pyridine rings is 1. The summed E-state index contributed by atoms with van der Waals surface area (Å²) in [7, 11) is 1.31. The molecule has 0 radical (unpaired) electrons. The minimum absolute atomic E-state index is 0.351. The van der Waals surface area contributed by atoms with E-state index in [9.17, 15) is 4.79 Å². The van der Waals surface area contributed by atoms with E-state index in [2.05, 4.69) is 30.3 Å².